The first-order chi connectivity index (χ1) is 18.7. The SMILES string of the molecule is CCCCCCCCCCCCC(N)(CCCCCCCCCCCC)CCCCCCCCCCCC.Cl. The van der Waals surface area contributed by atoms with Gasteiger partial charge in [-0.15, -0.1) is 12.4 Å². The Morgan fingerprint density at radius 3 is 0.615 bits per heavy atom. The summed E-state index contributed by atoms with van der Waals surface area (Å²) >= 11 is 0. The minimum Gasteiger partial charge on any atom is -0.325 e. The zero-order chi connectivity index (χ0) is 27.8. The van der Waals surface area contributed by atoms with Gasteiger partial charge in [-0.3, -0.25) is 0 Å². The highest BCUT2D eigenvalue weighted by atomic mass is 35.5. The van der Waals surface area contributed by atoms with Crippen LogP contribution in [0.3, 0.4) is 0 Å². The topological polar surface area (TPSA) is 26.0 Å². The van der Waals surface area contributed by atoms with E-state index in [9.17, 15) is 0 Å². The predicted octanol–water partition coefficient (Wildman–Crippen LogP) is 14.0. The van der Waals surface area contributed by atoms with Crippen molar-refractivity contribution in [2.45, 2.75) is 238 Å². The van der Waals surface area contributed by atoms with Crippen LogP contribution in [0.1, 0.15) is 233 Å². The quantitative estimate of drug-likeness (QED) is 0.0778. The fraction of sp³-hybridized carbons (Fsp3) is 1.00. The number of rotatable bonds is 33. The molecule has 0 aromatic heterocycles. The van der Waals surface area contributed by atoms with Crippen molar-refractivity contribution in [1.82, 2.24) is 0 Å². The molecule has 238 valence electrons. The highest BCUT2D eigenvalue weighted by molar-refractivity contribution is 5.85. The van der Waals surface area contributed by atoms with Gasteiger partial charge in [0.25, 0.3) is 0 Å². The average Bonchev–Trinajstić information content (AvgIpc) is 2.92. The molecule has 0 aliphatic rings. The summed E-state index contributed by atoms with van der Waals surface area (Å²) in [6, 6.07) is 0. The molecule has 2 heteroatoms. The van der Waals surface area contributed by atoms with Crippen molar-refractivity contribution in [2.24, 2.45) is 5.73 Å². The number of hydrogen-bond acceptors (Lipinski definition) is 1. The third-order valence-corrected chi connectivity index (χ3v) is 9.08. The van der Waals surface area contributed by atoms with E-state index in [0.717, 1.165) is 0 Å². The largest absolute Gasteiger partial charge is 0.325 e. The van der Waals surface area contributed by atoms with E-state index in [1.165, 1.54) is 212 Å². The Labute approximate surface area is 255 Å². The van der Waals surface area contributed by atoms with Gasteiger partial charge in [-0.2, -0.15) is 0 Å². The van der Waals surface area contributed by atoms with Crippen molar-refractivity contribution < 1.29 is 0 Å². The first-order valence-electron chi connectivity index (χ1n) is 18.5. The van der Waals surface area contributed by atoms with Crippen LogP contribution in [0.5, 0.6) is 0 Å². The Bertz CT molecular complexity index is 364. The molecule has 0 aromatic rings. The summed E-state index contributed by atoms with van der Waals surface area (Å²) in [6.07, 6.45) is 46.6. The van der Waals surface area contributed by atoms with E-state index in [4.69, 9.17) is 5.73 Å². The summed E-state index contributed by atoms with van der Waals surface area (Å²) < 4.78 is 0. The van der Waals surface area contributed by atoms with Gasteiger partial charge in [-0.25, -0.2) is 0 Å². The lowest BCUT2D eigenvalue weighted by molar-refractivity contribution is 0.302. The molecule has 0 bridgehead atoms. The van der Waals surface area contributed by atoms with Crippen LogP contribution in [-0.4, -0.2) is 5.54 Å². The molecule has 0 radical (unpaired) electrons. The zero-order valence-electron chi connectivity index (χ0n) is 27.8. The van der Waals surface area contributed by atoms with Crippen LogP contribution >= 0.6 is 12.4 Å². The van der Waals surface area contributed by atoms with Gasteiger partial charge in [0.2, 0.25) is 0 Å². The van der Waals surface area contributed by atoms with Crippen LogP contribution in [0, 0.1) is 0 Å². The van der Waals surface area contributed by atoms with Crippen molar-refractivity contribution in [3.63, 3.8) is 0 Å². The maximum absolute atomic E-state index is 7.12. The van der Waals surface area contributed by atoms with Crippen molar-refractivity contribution in [1.29, 1.82) is 0 Å². The second-order valence-corrected chi connectivity index (χ2v) is 13.2. The fourth-order valence-corrected chi connectivity index (χ4v) is 6.27. The molecule has 0 saturated heterocycles. The highest BCUT2D eigenvalue weighted by Crippen LogP contribution is 2.27. The van der Waals surface area contributed by atoms with E-state index in [-0.39, 0.29) is 17.9 Å². The first kappa shape index (κ1) is 41.4. The zero-order valence-corrected chi connectivity index (χ0v) is 28.6. The molecular formula is C37H78ClN. The lowest BCUT2D eigenvalue weighted by atomic mass is 9.82. The van der Waals surface area contributed by atoms with Crippen LogP contribution < -0.4 is 5.73 Å². The maximum Gasteiger partial charge on any atom is 0.0154 e. The molecule has 0 unspecified atom stereocenters. The van der Waals surface area contributed by atoms with E-state index >= 15 is 0 Å². The van der Waals surface area contributed by atoms with Crippen LogP contribution in [-0.2, 0) is 0 Å². The van der Waals surface area contributed by atoms with Crippen molar-refractivity contribution in [3.05, 3.63) is 0 Å². The molecule has 0 fully saturated rings. The molecule has 0 aliphatic carbocycles. The predicted molar refractivity (Wildman–Crippen MR) is 184 cm³/mol. The van der Waals surface area contributed by atoms with Crippen molar-refractivity contribution in [2.75, 3.05) is 0 Å². The molecule has 0 saturated carbocycles. The molecule has 0 rings (SSSR count). The van der Waals surface area contributed by atoms with Crippen LogP contribution in [0.15, 0.2) is 0 Å². The first-order valence-corrected chi connectivity index (χ1v) is 18.5. The summed E-state index contributed by atoms with van der Waals surface area (Å²) in [5, 5.41) is 0. The van der Waals surface area contributed by atoms with Crippen LogP contribution in [0.25, 0.3) is 0 Å². The number of hydrogen-bond donors (Lipinski definition) is 1. The summed E-state index contributed by atoms with van der Waals surface area (Å²) in [5.74, 6) is 0. The summed E-state index contributed by atoms with van der Waals surface area (Å²) in [5.41, 5.74) is 7.25. The van der Waals surface area contributed by atoms with E-state index in [2.05, 4.69) is 20.8 Å². The third-order valence-electron chi connectivity index (χ3n) is 9.08. The molecule has 0 aliphatic heterocycles. The smallest absolute Gasteiger partial charge is 0.0154 e. The van der Waals surface area contributed by atoms with E-state index in [1.54, 1.807) is 0 Å². The minimum absolute atomic E-state index is 0. The number of halogens is 1. The normalized spacial score (nSPS) is 11.7. The maximum atomic E-state index is 7.12. The molecular weight excluding hydrogens is 494 g/mol. The van der Waals surface area contributed by atoms with Gasteiger partial charge in [0.15, 0.2) is 0 Å². The van der Waals surface area contributed by atoms with E-state index < -0.39 is 0 Å². The summed E-state index contributed by atoms with van der Waals surface area (Å²) in [6.45, 7) is 6.93. The average molecular weight is 572 g/mol. The van der Waals surface area contributed by atoms with Gasteiger partial charge < -0.3 is 5.73 Å². The highest BCUT2D eigenvalue weighted by Gasteiger charge is 2.23. The Hall–Kier alpha value is 0.250. The van der Waals surface area contributed by atoms with Gasteiger partial charge in [0.1, 0.15) is 0 Å². The molecule has 1 nitrogen and oxygen atoms in total. The monoisotopic (exact) mass is 572 g/mol. The van der Waals surface area contributed by atoms with E-state index in [1.807, 2.05) is 0 Å². The Balaban J connectivity index is 0. The minimum atomic E-state index is 0. The Morgan fingerprint density at radius 2 is 0.436 bits per heavy atom. The molecule has 0 atom stereocenters. The number of unbranched alkanes of at least 4 members (excludes halogenated alkanes) is 27. The van der Waals surface area contributed by atoms with Crippen LogP contribution in [0.4, 0.5) is 0 Å². The molecule has 0 amide bonds. The molecule has 0 heterocycles. The van der Waals surface area contributed by atoms with Crippen molar-refractivity contribution in [3.8, 4) is 0 Å². The standard InChI is InChI=1S/C37H77N.ClH/c1-4-7-10-13-16-19-22-25-28-31-34-37(38,35-32-29-26-23-20-17-14-11-8-5-2)36-33-30-27-24-21-18-15-12-9-6-3;/h4-36,38H2,1-3H3;1H. The van der Waals surface area contributed by atoms with E-state index in [0.29, 0.717) is 0 Å². The lowest BCUT2D eigenvalue weighted by Gasteiger charge is -2.30. The number of nitrogens with two attached hydrogens (primary N) is 1. The van der Waals surface area contributed by atoms with Gasteiger partial charge in [0, 0.05) is 5.54 Å². The Kier molecular flexibility index (Phi) is 36.6. The second-order valence-electron chi connectivity index (χ2n) is 13.2. The second kappa shape index (κ2) is 34.5. The lowest BCUT2D eigenvalue weighted by Crippen LogP contribution is -2.39. The Morgan fingerprint density at radius 1 is 0.282 bits per heavy atom. The summed E-state index contributed by atoms with van der Waals surface area (Å²) in [4.78, 5) is 0. The van der Waals surface area contributed by atoms with Gasteiger partial charge >= 0.3 is 0 Å². The van der Waals surface area contributed by atoms with Crippen LogP contribution in [0.2, 0.25) is 0 Å². The molecule has 0 spiro atoms. The van der Waals surface area contributed by atoms with Gasteiger partial charge in [0.05, 0.1) is 0 Å². The van der Waals surface area contributed by atoms with Crippen molar-refractivity contribution >= 4 is 12.4 Å². The summed E-state index contributed by atoms with van der Waals surface area (Å²) in [7, 11) is 0. The van der Waals surface area contributed by atoms with Gasteiger partial charge in [-0.05, 0) is 19.3 Å². The molecule has 0 aromatic carbocycles. The van der Waals surface area contributed by atoms with Gasteiger partial charge in [-0.1, -0.05) is 213 Å². The fourth-order valence-electron chi connectivity index (χ4n) is 6.27. The molecule has 2 N–H and O–H groups in total. The third kappa shape index (κ3) is 32.6. The molecule has 39 heavy (non-hydrogen) atoms.